The average molecular weight is 300 g/mol. The summed E-state index contributed by atoms with van der Waals surface area (Å²) in [4.78, 5) is 14.1. The Kier molecular flexibility index (Phi) is 5.38. The van der Waals surface area contributed by atoms with Crippen molar-refractivity contribution in [1.82, 2.24) is 0 Å². The van der Waals surface area contributed by atoms with Crippen LogP contribution in [0.1, 0.15) is 32.1 Å². The molecule has 0 bridgehead atoms. The molecular weight excluding hydrogens is 281 g/mol. The average Bonchev–Trinajstić information content (AvgIpc) is 2.46. The van der Waals surface area contributed by atoms with Crippen molar-refractivity contribution in [1.29, 1.82) is 0 Å². The first kappa shape index (κ1) is 15.3. The van der Waals surface area contributed by atoms with Crippen LogP contribution in [-0.2, 0) is 4.79 Å². The smallest absolute Gasteiger partial charge is 0.230 e. The van der Waals surface area contributed by atoms with Crippen LogP contribution < -0.4 is 4.90 Å². The van der Waals surface area contributed by atoms with Crippen LogP contribution in [0.3, 0.4) is 0 Å². The number of carbonyl (C=O) groups excluding carboxylic acids is 1. The number of halogens is 2. The highest BCUT2D eigenvalue weighted by atomic mass is 35.5. The normalized spacial score (nSPS) is 16.1. The standard InChI is InChI=1S/C15H19ClFNO2/c16-13-10-12(17)6-7-14(13)18(8-9-19)15(20)11-4-2-1-3-5-11/h6-7,10-11,19H,1-5,8-9H2. The zero-order valence-electron chi connectivity index (χ0n) is 11.3. The van der Waals surface area contributed by atoms with Gasteiger partial charge in [0, 0.05) is 12.5 Å². The Bertz CT molecular complexity index is 475. The molecule has 1 N–H and O–H groups in total. The molecule has 5 heteroatoms. The predicted molar refractivity (Wildman–Crippen MR) is 77.4 cm³/mol. The Morgan fingerprint density at radius 3 is 2.65 bits per heavy atom. The third-order valence-electron chi connectivity index (χ3n) is 3.74. The molecule has 1 aliphatic rings. The fourth-order valence-electron chi connectivity index (χ4n) is 2.72. The Morgan fingerprint density at radius 1 is 1.35 bits per heavy atom. The number of amides is 1. The number of benzene rings is 1. The zero-order valence-corrected chi connectivity index (χ0v) is 12.1. The lowest BCUT2D eigenvalue weighted by molar-refractivity contribution is -0.123. The second-order valence-corrected chi connectivity index (χ2v) is 5.55. The van der Waals surface area contributed by atoms with Crippen molar-refractivity contribution in [2.45, 2.75) is 32.1 Å². The molecule has 0 aromatic heterocycles. The van der Waals surface area contributed by atoms with Gasteiger partial charge in [0.1, 0.15) is 5.82 Å². The molecule has 0 heterocycles. The van der Waals surface area contributed by atoms with Gasteiger partial charge in [-0.3, -0.25) is 4.79 Å². The minimum atomic E-state index is -0.437. The van der Waals surface area contributed by atoms with E-state index in [2.05, 4.69) is 0 Å². The summed E-state index contributed by atoms with van der Waals surface area (Å²) in [6.07, 6.45) is 5.03. The number of carbonyl (C=O) groups is 1. The molecule has 1 saturated carbocycles. The molecule has 0 atom stereocenters. The molecule has 2 rings (SSSR count). The summed E-state index contributed by atoms with van der Waals surface area (Å²) < 4.78 is 13.1. The summed E-state index contributed by atoms with van der Waals surface area (Å²) in [5.41, 5.74) is 0.470. The van der Waals surface area contributed by atoms with Gasteiger partial charge in [-0.1, -0.05) is 30.9 Å². The maximum Gasteiger partial charge on any atom is 0.230 e. The van der Waals surface area contributed by atoms with Gasteiger partial charge in [-0.15, -0.1) is 0 Å². The van der Waals surface area contributed by atoms with E-state index >= 15 is 0 Å². The van der Waals surface area contributed by atoms with Gasteiger partial charge in [0.25, 0.3) is 0 Å². The van der Waals surface area contributed by atoms with Crippen molar-refractivity contribution >= 4 is 23.2 Å². The topological polar surface area (TPSA) is 40.5 Å². The number of rotatable bonds is 4. The molecule has 0 spiro atoms. The van der Waals surface area contributed by atoms with E-state index in [0.717, 1.165) is 25.7 Å². The Labute approximate surface area is 123 Å². The van der Waals surface area contributed by atoms with Crippen LogP contribution in [0.4, 0.5) is 10.1 Å². The fourth-order valence-corrected chi connectivity index (χ4v) is 2.99. The number of aliphatic hydroxyl groups excluding tert-OH is 1. The molecule has 0 radical (unpaired) electrons. The van der Waals surface area contributed by atoms with Crippen molar-refractivity contribution in [3.63, 3.8) is 0 Å². The predicted octanol–water partition coefficient (Wildman–Crippen LogP) is 3.38. The van der Waals surface area contributed by atoms with Gasteiger partial charge in [-0.25, -0.2) is 4.39 Å². The molecule has 1 aromatic carbocycles. The first-order chi connectivity index (χ1) is 9.63. The summed E-state index contributed by atoms with van der Waals surface area (Å²) in [7, 11) is 0. The summed E-state index contributed by atoms with van der Waals surface area (Å²) in [5, 5.41) is 9.38. The van der Waals surface area contributed by atoms with E-state index in [1.807, 2.05) is 0 Å². The highest BCUT2D eigenvalue weighted by Gasteiger charge is 2.27. The third-order valence-corrected chi connectivity index (χ3v) is 4.05. The lowest BCUT2D eigenvalue weighted by atomic mass is 9.88. The lowest BCUT2D eigenvalue weighted by Crippen LogP contribution is -2.39. The highest BCUT2D eigenvalue weighted by molar-refractivity contribution is 6.33. The van der Waals surface area contributed by atoms with Crippen molar-refractivity contribution in [3.05, 3.63) is 29.0 Å². The monoisotopic (exact) mass is 299 g/mol. The quantitative estimate of drug-likeness (QED) is 0.926. The number of hydrogen-bond acceptors (Lipinski definition) is 2. The second kappa shape index (κ2) is 7.04. The third kappa shape index (κ3) is 3.49. The van der Waals surface area contributed by atoms with Gasteiger partial charge in [-0.05, 0) is 31.0 Å². The lowest BCUT2D eigenvalue weighted by Gasteiger charge is -2.29. The SMILES string of the molecule is O=C(C1CCCCC1)N(CCO)c1ccc(F)cc1Cl. The van der Waals surface area contributed by atoms with Crippen LogP contribution in [0.15, 0.2) is 18.2 Å². The summed E-state index contributed by atoms with van der Waals surface area (Å²) in [6, 6.07) is 3.96. The highest BCUT2D eigenvalue weighted by Crippen LogP contribution is 2.31. The summed E-state index contributed by atoms with van der Waals surface area (Å²) >= 11 is 6.03. The number of hydrogen-bond donors (Lipinski definition) is 1. The van der Waals surface area contributed by atoms with Crippen LogP contribution in [0.2, 0.25) is 5.02 Å². The van der Waals surface area contributed by atoms with Crippen LogP contribution in [0.5, 0.6) is 0 Å². The molecule has 1 fully saturated rings. The van der Waals surface area contributed by atoms with Gasteiger partial charge < -0.3 is 10.0 Å². The molecule has 0 saturated heterocycles. The van der Waals surface area contributed by atoms with Gasteiger partial charge in [0.2, 0.25) is 5.91 Å². The van der Waals surface area contributed by atoms with Gasteiger partial charge in [-0.2, -0.15) is 0 Å². The molecule has 1 amide bonds. The Hall–Kier alpha value is -1.13. The van der Waals surface area contributed by atoms with Gasteiger partial charge in [0.15, 0.2) is 0 Å². The summed E-state index contributed by atoms with van der Waals surface area (Å²) in [5.74, 6) is -0.475. The van der Waals surface area contributed by atoms with E-state index < -0.39 is 5.82 Å². The van der Waals surface area contributed by atoms with E-state index in [1.165, 1.54) is 29.5 Å². The second-order valence-electron chi connectivity index (χ2n) is 5.14. The van der Waals surface area contributed by atoms with Crippen molar-refractivity contribution in [3.8, 4) is 0 Å². The first-order valence-electron chi connectivity index (χ1n) is 7.00. The van der Waals surface area contributed by atoms with Crippen molar-refractivity contribution in [2.75, 3.05) is 18.1 Å². The number of nitrogens with zero attached hydrogens (tertiary/aromatic N) is 1. The molecule has 110 valence electrons. The van der Waals surface area contributed by atoms with Crippen molar-refractivity contribution in [2.24, 2.45) is 5.92 Å². The minimum absolute atomic E-state index is 0.0172. The molecule has 1 aromatic rings. The molecule has 0 unspecified atom stereocenters. The molecule has 20 heavy (non-hydrogen) atoms. The summed E-state index contributed by atoms with van der Waals surface area (Å²) in [6.45, 7) is 0.0346. The van der Waals surface area contributed by atoms with Crippen LogP contribution in [0.25, 0.3) is 0 Å². The maximum atomic E-state index is 13.1. The largest absolute Gasteiger partial charge is 0.395 e. The van der Waals surface area contributed by atoms with Gasteiger partial charge in [0.05, 0.1) is 17.3 Å². The van der Waals surface area contributed by atoms with E-state index in [0.29, 0.717) is 5.69 Å². The van der Waals surface area contributed by atoms with Gasteiger partial charge >= 0.3 is 0 Å². The maximum absolute atomic E-state index is 13.1. The van der Waals surface area contributed by atoms with Crippen LogP contribution in [-0.4, -0.2) is 24.2 Å². The Morgan fingerprint density at radius 2 is 2.05 bits per heavy atom. The fraction of sp³-hybridized carbons (Fsp3) is 0.533. The molecular formula is C15H19ClFNO2. The minimum Gasteiger partial charge on any atom is -0.395 e. The first-order valence-corrected chi connectivity index (χ1v) is 7.38. The zero-order chi connectivity index (χ0) is 14.5. The number of aliphatic hydroxyl groups is 1. The van der Waals surface area contributed by atoms with E-state index in [4.69, 9.17) is 11.6 Å². The molecule has 1 aliphatic carbocycles. The van der Waals surface area contributed by atoms with E-state index in [-0.39, 0.29) is 30.0 Å². The molecule has 3 nitrogen and oxygen atoms in total. The van der Waals surface area contributed by atoms with Crippen LogP contribution >= 0.6 is 11.6 Å². The van der Waals surface area contributed by atoms with E-state index in [1.54, 1.807) is 0 Å². The van der Waals surface area contributed by atoms with E-state index in [9.17, 15) is 14.3 Å². The van der Waals surface area contributed by atoms with Crippen molar-refractivity contribution < 1.29 is 14.3 Å². The molecule has 0 aliphatic heterocycles. The van der Waals surface area contributed by atoms with Crippen LogP contribution in [0, 0.1) is 11.7 Å². The Balaban J connectivity index is 2.22. The number of anilines is 1.